The molecule has 4 heteroatoms. The van der Waals surface area contributed by atoms with E-state index in [9.17, 15) is 4.79 Å². The minimum absolute atomic E-state index is 0.0901. The van der Waals surface area contributed by atoms with E-state index < -0.39 is 0 Å². The molecule has 2 amide bonds. The van der Waals surface area contributed by atoms with E-state index in [0.717, 1.165) is 25.8 Å². The number of urea groups is 1. The van der Waals surface area contributed by atoms with Crippen LogP contribution in [0, 0.1) is 0 Å². The van der Waals surface area contributed by atoms with Crippen LogP contribution in [0.4, 0.5) is 4.79 Å². The molecule has 0 radical (unpaired) electrons. The summed E-state index contributed by atoms with van der Waals surface area (Å²) in [6.07, 6.45) is 7.02. The van der Waals surface area contributed by atoms with Gasteiger partial charge in [0.15, 0.2) is 0 Å². The lowest BCUT2D eigenvalue weighted by molar-refractivity contribution is 0.186. The molecule has 4 nitrogen and oxygen atoms in total. The summed E-state index contributed by atoms with van der Waals surface area (Å²) in [5.41, 5.74) is 5.92. The molecule has 0 aromatic carbocycles. The molecule has 92 valence electrons. The molecule has 1 saturated carbocycles. The molecule has 2 rings (SSSR count). The van der Waals surface area contributed by atoms with E-state index in [1.54, 1.807) is 0 Å². The Bertz CT molecular complexity index is 251. The number of carbonyl (C=O) groups excluding carboxylic acids is 1. The second-order valence-electron chi connectivity index (χ2n) is 5.17. The van der Waals surface area contributed by atoms with Crippen molar-refractivity contribution in [2.75, 3.05) is 6.54 Å². The van der Waals surface area contributed by atoms with Crippen LogP contribution in [-0.4, -0.2) is 35.6 Å². The maximum atomic E-state index is 12.0. The number of likely N-dealkylation sites (tertiary alicyclic amines) is 1. The highest BCUT2D eigenvalue weighted by Gasteiger charge is 2.32. The number of nitrogens with one attached hydrogen (secondary N) is 1. The minimum atomic E-state index is 0.0901. The van der Waals surface area contributed by atoms with Crippen LogP contribution in [0.1, 0.15) is 45.4 Å². The minimum Gasteiger partial charge on any atom is -0.335 e. The summed E-state index contributed by atoms with van der Waals surface area (Å²) in [4.78, 5) is 13.9. The third-order valence-corrected chi connectivity index (χ3v) is 4.01. The van der Waals surface area contributed by atoms with Crippen molar-refractivity contribution in [3.8, 4) is 0 Å². The van der Waals surface area contributed by atoms with Gasteiger partial charge in [-0.3, -0.25) is 0 Å². The van der Waals surface area contributed by atoms with E-state index in [4.69, 9.17) is 5.73 Å². The van der Waals surface area contributed by atoms with Crippen LogP contribution in [0.3, 0.4) is 0 Å². The smallest absolute Gasteiger partial charge is 0.317 e. The summed E-state index contributed by atoms with van der Waals surface area (Å²) in [5.74, 6) is 0. The molecule has 1 heterocycles. The lowest BCUT2D eigenvalue weighted by atomic mass is 9.96. The Morgan fingerprint density at radius 1 is 1.25 bits per heavy atom. The van der Waals surface area contributed by atoms with Gasteiger partial charge in [0.25, 0.3) is 0 Å². The van der Waals surface area contributed by atoms with Crippen molar-refractivity contribution in [3.05, 3.63) is 0 Å². The Morgan fingerprint density at radius 2 is 1.94 bits per heavy atom. The first-order valence-corrected chi connectivity index (χ1v) is 6.51. The van der Waals surface area contributed by atoms with E-state index in [-0.39, 0.29) is 18.1 Å². The van der Waals surface area contributed by atoms with Gasteiger partial charge in [0.05, 0.1) is 0 Å². The molecule has 2 unspecified atom stereocenters. The lowest BCUT2D eigenvalue weighted by Crippen LogP contribution is -2.48. The molecule has 3 N–H and O–H groups in total. The van der Waals surface area contributed by atoms with Crippen molar-refractivity contribution in [1.29, 1.82) is 0 Å². The third kappa shape index (κ3) is 2.48. The summed E-state index contributed by atoms with van der Waals surface area (Å²) in [7, 11) is 0. The highest BCUT2D eigenvalue weighted by molar-refractivity contribution is 5.75. The van der Waals surface area contributed by atoms with Crippen molar-refractivity contribution in [3.63, 3.8) is 0 Å². The number of carbonyl (C=O) groups is 1. The second-order valence-corrected chi connectivity index (χ2v) is 5.17. The molecule has 0 aromatic heterocycles. The first-order chi connectivity index (χ1) is 7.68. The van der Waals surface area contributed by atoms with Gasteiger partial charge in [-0.05, 0) is 26.2 Å². The van der Waals surface area contributed by atoms with Crippen LogP contribution in [0.5, 0.6) is 0 Å². The van der Waals surface area contributed by atoms with Gasteiger partial charge in [-0.1, -0.05) is 19.3 Å². The molecule has 0 spiro atoms. The van der Waals surface area contributed by atoms with Crippen molar-refractivity contribution < 1.29 is 4.79 Å². The standard InChI is InChI=1S/C12H23N3O/c1-9-11(13)7-8-15(9)12(16)14-10-5-3-2-4-6-10/h9-11H,2-8,13H2,1H3,(H,14,16). The van der Waals surface area contributed by atoms with E-state index in [2.05, 4.69) is 5.32 Å². The van der Waals surface area contributed by atoms with Crippen LogP contribution >= 0.6 is 0 Å². The number of hydrogen-bond donors (Lipinski definition) is 2. The molecule has 2 atom stereocenters. The summed E-state index contributed by atoms with van der Waals surface area (Å²) in [5, 5.41) is 3.14. The number of hydrogen-bond acceptors (Lipinski definition) is 2. The Kier molecular flexibility index (Phi) is 3.69. The van der Waals surface area contributed by atoms with Crippen molar-refractivity contribution in [2.24, 2.45) is 5.73 Å². The van der Waals surface area contributed by atoms with Crippen LogP contribution in [0.25, 0.3) is 0 Å². The normalized spacial score (nSPS) is 31.8. The number of nitrogens with two attached hydrogens (primary N) is 1. The summed E-state index contributed by atoms with van der Waals surface area (Å²) < 4.78 is 0. The fourth-order valence-corrected chi connectivity index (χ4v) is 2.76. The predicted molar refractivity (Wildman–Crippen MR) is 64.2 cm³/mol. The van der Waals surface area contributed by atoms with Crippen LogP contribution < -0.4 is 11.1 Å². The van der Waals surface area contributed by atoms with Crippen LogP contribution in [-0.2, 0) is 0 Å². The first kappa shape index (κ1) is 11.7. The Morgan fingerprint density at radius 3 is 2.50 bits per heavy atom. The summed E-state index contributed by atoms with van der Waals surface area (Å²) in [6.45, 7) is 2.85. The Balaban J connectivity index is 1.83. The number of rotatable bonds is 1. The van der Waals surface area contributed by atoms with Crippen LogP contribution in [0.2, 0.25) is 0 Å². The van der Waals surface area contributed by atoms with Gasteiger partial charge in [0.1, 0.15) is 0 Å². The zero-order valence-electron chi connectivity index (χ0n) is 10.1. The van der Waals surface area contributed by atoms with Gasteiger partial charge in [0, 0.05) is 24.7 Å². The SMILES string of the molecule is CC1C(N)CCN1C(=O)NC1CCCCC1. The zero-order chi connectivity index (χ0) is 11.5. The maximum Gasteiger partial charge on any atom is 0.317 e. The fourth-order valence-electron chi connectivity index (χ4n) is 2.76. The molecular formula is C12H23N3O. The van der Waals surface area contributed by atoms with Gasteiger partial charge in [0.2, 0.25) is 0 Å². The van der Waals surface area contributed by atoms with E-state index in [1.807, 2.05) is 11.8 Å². The molecule has 16 heavy (non-hydrogen) atoms. The molecule has 2 fully saturated rings. The van der Waals surface area contributed by atoms with E-state index in [1.165, 1.54) is 19.3 Å². The van der Waals surface area contributed by atoms with Crippen LogP contribution in [0.15, 0.2) is 0 Å². The van der Waals surface area contributed by atoms with E-state index >= 15 is 0 Å². The molecule has 1 aliphatic carbocycles. The first-order valence-electron chi connectivity index (χ1n) is 6.51. The Labute approximate surface area is 97.6 Å². The quantitative estimate of drug-likeness (QED) is 0.709. The molecular weight excluding hydrogens is 202 g/mol. The largest absolute Gasteiger partial charge is 0.335 e. The summed E-state index contributed by atoms with van der Waals surface area (Å²) in [6, 6.07) is 0.818. The molecule has 0 aromatic rings. The molecule has 1 aliphatic heterocycles. The monoisotopic (exact) mass is 225 g/mol. The highest BCUT2D eigenvalue weighted by atomic mass is 16.2. The lowest BCUT2D eigenvalue weighted by Gasteiger charge is -2.28. The van der Waals surface area contributed by atoms with Crippen molar-refractivity contribution in [1.82, 2.24) is 10.2 Å². The third-order valence-electron chi connectivity index (χ3n) is 4.01. The molecule has 1 saturated heterocycles. The molecule has 2 aliphatic rings. The summed E-state index contributed by atoms with van der Waals surface area (Å²) >= 11 is 0. The van der Waals surface area contributed by atoms with Gasteiger partial charge in [-0.2, -0.15) is 0 Å². The zero-order valence-corrected chi connectivity index (χ0v) is 10.1. The Hall–Kier alpha value is -0.770. The maximum absolute atomic E-state index is 12.0. The van der Waals surface area contributed by atoms with E-state index in [0.29, 0.717) is 6.04 Å². The van der Waals surface area contributed by atoms with Gasteiger partial charge >= 0.3 is 6.03 Å². The van der Waals surface area contributed by atoms with Crippen molar-refractivity contribution in [2.45, 2.75) is 63.6 Å². The van der Waals surface area contributed by atoms with Crippen molar-refractivity contribution >= 4 is 6.03 Å². The van der Waals surface area contributed by atoms with Gasteiger partial charge < -0.3 is 16.0 Å². The molecule has 0 bridgehead atoms. The highest BCUT2D eigenvalue weighted by Crippen LogP contribution is 2.19. The second kappa shape index (κ2) is 5.04. The topological polar surface area (TPSA) is 58.4 Å². The van der Waals surface area contributed by atoms with Gasteiger partial charge in [-0.15, -0.1) is 0 Å². The number of nitrogens with zero attached hydrogens (tertiary/aromatic N) is 1. The predicted octanol–water partition coefficient (Wildman–Crippen LogP) is 1.45. The van der Waals surface area contributed by atoms with Gasteiger partial charge in [-0.25, -0.2) is 4.79 Å². The number of amides is 2. The average Bonchev–Trinajstić information content (AvgIpc) is 2.61. The average molecular weight is 225 g/mol. The fraction of sp³-hybridized carbons (Fsp3) is 0.917.